The van der Waals surface area contributed by atoms with Crippen LogP contribution in [0.4, 0.5) is 11.4 Å². The Kier molecular flexibility index (Phi) is 5.39. The SMILES string of the molecule is Cc1cccc(N/C=C(/C#N)C(=O)Nc2c(C)cc(C)cc2C)c1. The van der Waals surface area contributed by atoms with Crippen molar-refractivity contribution < 1.29 is 4.79 Å². The van der Waals surface area contributed by atoms with E-state index in [1.165, 1.54) is 6.20 Å². The maximum Gasteiger partial charge on any atom is 0.267 e. The van der Waals surface area contributed by atoms with Crippen LogP contribution in [0, 0.1) is 39.0 Å². The molecule has 4 nitrogen and oxygen atoms in total. The molecule has 2 N–H and O–H groups in total. The number of benzene rings is 2. The highest BCUT2D eigenvalue weighted by atomic mass is 16.1. The minimum atomic E-state index is -0.423. The lowest BCUT2D eigenvalue weighted by Gasteiger charge is -2.12. The number of anilines is 2. The molecule has 0 saturated heterocycles. The Morgan fingerprint density at radius 3 is 2.29 bits per heavy atom. The molecule has 0 saturated carbocycles. The van der Waals surface area contributed by atoms with Crippen LogP contribution in [0.15, 0.2) is 48.2 Å². The van der Waals surface area contributed by atoms with E-state index in [0.717, 1.165) is 33.6 Å². The fourth-order valence-electron chi connectivity index (χ4n) is 2.60. The number of aryl methyl sites for hydroxylation is 4. The minimum Gasteiger partial charge on any atom is -0.360 e. The average molecular weight is 319 g/mol. The second-order valence-corrected chi connectivity index (χ2v) is 5.91. The van der Waals surface area contributed by atoms with Crippen molar-refractivity contribution in [2.24, 2.45) is 0 Å². The molecule has 24 heavy (non-hydrogen) atoms. The predicted octanol–water partition coefficient (Wildman–Crippen LogP) is 4.38. The number of hydrogen-bond donors (Lipinski definition) is 2. The van der Waals surface area contributed by atoms with Gasteiger partial charge in [-0.3, -0.25) is 4.79 Å². The van der Waals surface area contributed by atoms with Crippen LogP contribution in [0.5, 0.6) is 0 Å². The summed E-state index contributed by atoms with van der Waals surface area (Å²) >= 11 is 0. The van der Waals surface area contributed by atoms with E-state index >= 15 is 0 Å². The van der Waals surface area contributed by atoms with Crippen molar-refractivity contribution >= 4 is 17.3 Å². The molecular weight excluding hydrogens is 298 g/mol. The number of rotatable bonds is 4. The number of carbonyl (C=O) groups excluding carboxylic acids is 1. The highest BCUT2D eigenvalue weighted by molar-refractivity contribution is 6.07. The third-order valence-electron chi connectivity index (χ3n) is 3.68. The lowest BCUT2D eigenvalue weighted by atomic mass is 10.0. The van der Waals surface area contributed by atoms with Crippen molar-refractivity contribution in [1.29, 1.82) is 5.26 Å². The first-order valence-corrected chi connectivity index (χ1v) is 7.73. The topological polar surface area (TPSA) is 64.9 Å². The molecule has 2 aromatic rings. The zero-order valence-corrected chi connectivity index (χ0v) is 14.4. The van der Waals surface area contributed by atoms with E-state index in [2.05, 4.69) is 10.6 Å². The van der Waals surface area contributed by atoms with Gasteiger partial charge in [-0.05, 0) is 56.5 Å². The van der Waals surface area contributed by atoms with Crippen LogP contribution in [-0.2, 0) is 4.79 Å². The molecule has 0 bridgehead atoms. The normalized spacial score (nSPS) is 10.9. The molecule has 0 radical (unpaired) electrons. The van der Waals surface area contributed by atoms with Crippen LogP contribution in [0.3, 0.4) is 0 Å². The van der Waals surface area contributed by atoms with Gasteiger partial charge in [-0.1, -0.05) is 29.8 Å². The molecule has 4 heteroatoms. The van der Waals surface area contributed by atoms with Crippen molar-refractivity contribution in [2.45, 2.75) is 27.7 Å². The average Bonchev–Trinajstić information content (AvgIpc) is 2.51. The monoisotopic (exact) mass is 319 g/mol. The van der Waals surface area contributed by atoms with Gasteiger partial charge in [0.15, 0.2) is 0 Å². The molecule has 1 amide bonds. The van der Waals surface area contributed by atoms with E-state index in [1.807, 2.05) is 70.2 Å². The van der Waals surface area contributed by atoms with E-state index in [9.17, 15) is 10.1 Å². The fourth-order valence-corrected chi connectivity index (χ4v) is 2.60. The molecule has 0 spiro atoms. The van der Waals surface area contributed by atoms with Gasteiger partial charge in [-0.25, -0.2) is 0 Å². The third kappa shape index (κ3) is 4.23. The second-order valence-electron chi connectivity index (χ2n) is 5.91. The Hall–Kier alpha value is -3.06. The van der Waals surface area contributed by atoms with Gasteiger partial charge in [0.2, 0.25) is 0 Å². The van der Waals surface area contributed by atoms with E-state index < -0.39 is 5.91 Å². The Morgan fingerprint density at radius 2 is 1.71 bits per heavy atom. The number of nitrogens with zero attached hydrogens (tertiary/aromatic N) is 1. The Morgan fingerprint density at radius 1 is 1.04 bits per heavy atom. The van der Waals surface area contributed by atoms with Crippen molar-refractivity contribution in [3.05, 3.63) is 70.4 Å². The van der Waals surface area contributed by atoms with Gasteiger partial charge in [0.05, 0.1) is 0 Å². The lowest BCUT2D eigenvalue weighted by Crippen LogP contribution is -2.16. The van der Waals surface area contributed by atoms with Gasteiger partial charge in [0.25, 0.3) is 5.91 Å². The summed E-state index contributed by atoms with van der Waals surface area (Å²) in [7, 11) is 0. The van der Waals surface area contributed by atoms with Crippen LogP contribution in [0.2, 0.25) is 0 Å². The maximum atomic E-state index is 12.4. The molecule has 0 atom stereocenters. The van der Waals surface area contributed by atoms with Gasteiger partial charge in [-0.15, -0.1) is 0 Å². The minimum absolute atomic E-state index is 0.0240. The van der Waals surface area contributed by atoms with Crippen molar-refractivity contribution in [3.63, 3.8) is 0 Å². The number of hydrogen-bond acceptors (Lipinski definition) is 3. The smallest absolute Gasteiger partial charge is 0.267 e. The first-order valence-electron chi connectivity index (χ1n) is 7.73. The molecule has 0 aliphatic heterocycles. The van der Waals surface area contributed by atoms with Gasteiger partial charge in [0.1, 0.15) is 11.6 Å². The Labute approximate surface area is 142 Å². The van der Waals surface area contributed by atoms with E-state index in [-0.39, 0.29) is 5.57 Å². The second kappa shape index (κ2) is 7.47. The van der Waals surface area contributed by atoms with E-state index in [4.69, 9.17) is 0 Å². The summed E-state index contributed by atoms with van der Waals surface area (Å²) in [5.74, 6) is -0.423. The predicted molar refractivity (Wildman–Crippen MR) is 97.8 cm³/mol. The van der Waals surface area contributed by atoms with E-state index in [1.54, 1.807) is 0 Å². The van der Waals surface area contributed by atoms with Gasteiger partial charge < -0.3 is 10.6 Å². The lowest BCUT2D eigenvalue weighted by molar-refractivity contribution is -0.112. The maximum absolute atomic E-state index is 12.4. The summed E-state index contributed by atoms with van der Waals surface area (Å²) in [4.78, 5) is 12.4. The van der Waals surface area contributed by atoms with Crippen LogP contribution in [0.25, 0.3) is 0 Å². The molecule has 0 unspecified atom stereocenters. The third-order valence-corrected chi connectivity index (χ3v) is 3.68. The van der Waals surface area contributed by atoms with Crippen LogP contribution in [0.1, 0.15) is 22.3 Å². The van der Waals surface area contributed by atoms with Crippen LogP contribution < -0.4 is 10.6 Å². The summed E-state index contributed by atoms with van der Waals surface area (Å²) in [5.41, 5.74) is 5.80. The first kappa shape index (κ1) is 17.3. The zero-order valence-electron chi connectivity index (χ0n) is 14.4. The number of amides is 1. The summed E-state index contributed by atoms with van der Waals surface area (Å²) in [6.45, 7) is 7.88. The molecule has 0 heterocycles. The number of nitrogens with one attached hydrogen (secondary N) is 2. The molecule has 0 fully saturated rings. The van der Waals surface area contributed by atoms with Gasteiger partial charge in [0, 0.05) is 17.6 Å². The summed E-state index contributed by atoms with van der Waals surface area (Å²) < 4.78 is 0. The van der Waals surface area contributed by atoms with Crippen molar-refractivity contribution in [3.8, 4) is 6.07 Å². The largest absolute Gasteiger partial charge is 0.360 e. The van der Waals surface area contributed by atoms with Gasteiger partial charge in [-0.2, -0.15) is 5.26 Å². The molecule has 122 valence electrons. The molecule has 2 aromatic carbocycles. The van der Waals surface area contributed by atoms with Crippen LogP contribution in [-0.4, -0.2) is 5.91 Å². The standard InChI is InChI=1S/C20H21N3O/c1-13-6-5-7-18(10-13)22-12-17(11-21)20(24)23-19-15(3)8-14(2)9-16(19)4/h5-10,12,22H,1-4H3,(H,23,24)/b17-12-. The zero-order chi connectivity index (χ0) is 17.7. The number of carbonyl (C=O) groups is 1. The molecule has 2 rings (SSSR count). The highest BCUT2D eigenvalue weighted by Gasteiger charge is 2.12. The highest BCUT2D eigenvalue weighted by Crippen LogP contribution is 2.22. The van der Waals surface area contributed by atoms with Crippen molar-refractivity contribution in [1.82, 2.24) is 0 Å². The molecule has 0 aliphatic rings. The Bertz CT molecular complexity index is 821. The van der Waals surface area contributed by atoms with E-state index in [0.29, 0.717) is 0 Å². The van der Waals surface area contributed by atoms with Crippen LogP contribution >= 0.6 is 0 Å². The van der Waals surface area contributed by atoms with Gasteiger partial charge >= 0.3 is 0 Å². The Balaban J connectivity index is 2.18. The molecular formula is C20H21N3O. The first-order chi connectivity index (χ1) is 11.4. The quantitative estimate of drug-likeness (QED) is 0.649. The fraction of sp³-hybridized carbons (Fsp3) is 0.200. The molecule has 0 aliphatic carbocycles. The number of nitriles is 1. The van der Waals surface area contributed by atoms with Crippen molar-refractivity contribution in [2.75, 3.05) is 10.6 Å². The molecule has 0 aromatic heterocycles. The summed E-state index contributed by atoms with van der Waals surface area (Å²) in [6.07, 6.45) is 1.43. The summed E-state index contributed by atoms with van der Waals surface area (Å²) in [6, 6.07) is 13.7. The summed E-state index contributed by atoms with van der Waals surface area (Å²) in [5, 5.41) is 15.1.